The predicted octanol–water partition coefficient (Wildman–Crippen LogP) is 3.53. The van der Waals surface area contributed by atoms with Crippen LogP contribution in [0.5, 0.6) is 0 Å². The summed E-state index contributed by atoms with van der Waals surface area (Å²) in [5.74, 6) is 1.98. The minimum absolute atomic E-state index is 0.913. The Kier molecular flexibility index (Phi) is 2.02. The minimum Gasteiger partial charge on any atom is -0.0996 e. The standard InChI is InChI=1S/C11H18/c1-9-4-2-5-10-6-3-7-11(9)8-10/h10-11H,1-8H2. The maximum absolute atomic E-state index is 4.19. The third-order valence-corrected chi connectivity index (χ3v) is 3.47. The van der Waals surface area contributed by atoms with Crippen LogP contribution in [0.4, 0.5) is 0 Å². The Labute approximate surface area is 69.7 Å². The fraction of sp³-hybridized carbons (Fsp3) is 0.818. The van der Waals surface area contributed by atoms with Crippen LogP contribution in [0.2, 0.25) is 0 Å². The van der Waals surface area contributed by atoms with E-state index < -0.39 is 0 Å². The molecule has 2 rings (SSSR count). The van der Waals surface area contributed by atoms with Crippen molar-refractivity contribution < 1.29 is 0 Å². The molecule has 2 aliphatic carbocycles. The van der Waals surface area contributed by atoms with E-state index in [1.54, 1.807) is 5.57 Å². The summed E-state index contributed by atoms with van der Waals surface area (Å²) in [6, 6.07) is 0. The third-order valence-electron chi connectivity index (χ3n) is 3.47. The number of rotatable bonds is 0. The van der Waals surface area contributed by atoms with Gasteiger partial charge in [0, 0.05) is 0 Å². The molecule has 0 aromatic carbocycles. The first kappa shape index (κ1) is 7.39. The Morgan fingerprint density at radius 1 is 1.09 bits per heavy atom. The lowest BCUT2D eigenvalue weighted by Gasteiger charge is -2.26. The summed E-state index contributed by atoms with van der Waals surface area (Å²) in [7, 11) is 0. The number of fused-ring (bicyclic) bond motifs is 2. The molecule has 0 heterocycles. The van der Waals surface area contributed by atoms with Gasteiger partial charge in [0.15, 0.2) is 0 Å². The first-order chi connectivity index (χ1) is 5.36. The normalized spacial score (nSPS) is 38.4. The van der Waals surface area contributed by atoms with Crippen molar-refractivity contribution in [2.24, 2.45) is 11.8 Å². The Morgan fingerprint density at radius 2 is 1.91 bits per heavy atom. The van der Waals surface area contributed by atoms with Gasteiger partial charge in [-0.3, -0.25) is 0 Å². The highest BCUT2D eigenvalue weighted by atomic mass is 14.3. The molecule has 62 valence electrons. The molecule has 11 heavy (non-hydrogen) atoms. The van der Waals surface area contributed by atoms with E-state index in [2.05, 4.69) is 6.58 Å². The molecule has 2 saturated carbocycles. The summed E-state index contributed by atoms with van der Waals surface area (Å²) < 4.78 is 0. The van der Waals surface area contributed by atoms with Crippen LogP contribution in [-0.4, -0.2) is 0 Å². The Bertz CT molecular complexity index is 157. The fourth-order valence-corrected chi connectivity index (χ4v) is 2.75. The van der Waals surface area contributed by atoms with Gasteiger partial charge < -0.3 is 0 Å². The average molecular weight is 150 g/mol. The summed E-state index contributed by atoms with van der Waals surface area (Å²) in [6.07, 6.45) is 10.1. The SMILES string of the molecule is C=C1CCCC2CCCC1C2. The highest BCUT2D eigenvalue weighted by Crippen LogP contribution is 2.40. The first-order valence-electron chi connectivity index (χ1n) is 5.04. The van der Waals surface area contributed by atoms with Crippen LogP contribution in [0.25, 0.3) is 0 Å². The van der Waals surface area contributed by atoms with Crippen molar-refractivity contribution in [2.75, 3.05) is 0 Å². The Balaban J connectivity index is 2.07. The maximum atomic E-state index is 4.19. The monoisotopic (exact) mass is 150 g/mol. The van der Waals surface area contributed by atoms with Crippen LogP contribution in [0.3, 0.4) is 0 Å². The molecular weight excluding hydrogens is 132 g/mol. The molecule has 0 amide bonds. The van der Waals surface area contributed by atoms with Crippen LogP contribution in [-0.2, 0) is 0 Å². The number of hydrogen-bond acceptors (Lipinski definition) is 0. The Morgan fingerprint density at radius 3 is 2.82 bits per heavy atom. The van der Waals surface area contributed by atoms with Crippen molar-refractivity contribution >= 4 is 0 Å². The van der Waals surface area contributed by atoms with Gasteiger partial charge in [0.1, 0.15) is 0 Å². The molecule has 0 saturated heterocycles. The van der Waals surface area contributed by atoms with E-state index >= 15 is 0 Å². The molecule has 2 unspecified atom stereocenters. The molecular formula is C11H18. The van der Waals surface area contributed by atoms with Crippen LogP contribution in [0, 0.1) is 11.8 Å². The zero-order valence-electron chi connectivity index (χ0n) is 7.31. The largest absolute Gasteiger partial charge is 0.0996 e. The van der Waals surface area contributed by atoms with Crippen molar-refractivity contribution in [1.29, 1.82) is 0 Å². The van der Waals surface area contributed by atoms with Crippen LogP contribution in [0.15, 0.2) is 12.2 Å². The summed E-state index contributed by atoms with van der Waals surface area (Å²) >= 11 is 0. The molecule has 0 radical (unpaired) electrons. The topological polar surface area (TPSA) is 0 Å². The quantitative estimate of drug-likeness (QED) is 0.463. The van der Waals surface area contributed by atoms with E-state index in [-0.39, 0.29) is 0 Å². The molecule has 2 atom stereocenters. The molecule has 2 bridgehead atoms. The van der Waals surface area contributed by atoms with Gasteiger partial charge in [-0.2, -0.15) is 0 Å². The van der Waals surface area contributed by atoms with Gasteiger partial charge in [-0.25, -0.2) is 0 Å². The van der Waals surface area contributed by atoms with Crippen molar-refractivity contribution in [3.8, 4) is 0 Å². The van der Waals surface area contributed by atoms with Gasteiger partial charge in [0.05, 0.1) is 0 Å². The van der Waals surface area contributed by atoms with Gasteiger partial charge in [-0.05, 0) is 37.5 Å². The third kappa shape index (κ3) is 1.50. The average Bonchev–Trinajstić information content (AvgIpc) is 2.14. The fourth-order valence-electron chi connectivity index (χ4n) is 2.75. The van der Waals surface area contributed by atoms with Crippen molar-refractivity contribution in [3.63, 3.8) is 0 Å². The second-order valence-electron chi connectivity index (χ2n) is 4.28. The summed E-state index contributed by atoms with van der Waals surface area (Å²) in [6.45, 7) is 4.19. The molecule has 0 aromatic heterocycles. The van der Waals surface area contributed by atoms with Crippen molar-refractivity contribution in [1.82, 2.24) is 0 Å². The molecule has 0 aromatic rings. The van der Waals surface area contributed by atoms with Crippen LogP contribution in [0.1, 0.15) is 44.9 Å². The molecule has 2 fully saturated rings. The summed E-state index contributed by atoms with van der Waals surface area (Å²) in [4.78, 5) is 0. The van der Waals surface area contributed by atoms with Crippen LogP contribution < -0.4 is 0 Å². The highest BCUT2D eigenvalue weighted by Gasteiger charge is 2.25. The molecule has 0 nitrogen and oxygen atoms in total. The lowest BCUT2D eigenvalue weighted by molar-refractivity contribution is 0.298. The Hall–Kier alpha value is -0.260. The van der Waals surface area contributed by atoms with Gasteiger partial charge in [-0.15, -0.1) is 0 Å². The second kappa shape index (κ2) is 3.00. The van der Waals surface area contributed by atoms with Crippen molar-refractivity contribution in [3.05, 3.63) is 12.2 Å². The predicted molar refractivity (Wildman–Crippen MR) is 48.4 cm³/mol. The van der Waals surface area contributed by atoms with Gasteiger partial charge in [-0.1, -0.05) is 31.4 Å². The van der Waals surface area contributed by atoms with Crippen LogP contribution >= 0.6 is 0 Å². The maximum Gasteiger partial charge on any atom is -0.0203 e. The first-order valence-corrected chi connectivity index (χ1v) is 5.04. The van der Waals surface area contributed by atoms with E-state index in [0.717, 1.165) is 11.8 Å². The van der Waals surface area contributed by atoms with E-state index in [9.17, 15) is 0 Å². The molecule has 0 spiro atoms. The highest BCUT2D eigenvalue weighted by molar-refractivity contribution is 5.04. The van der Waals surface area contributed by atoms with Crippen molar-refractivity contribution in [2.45, 2.75) is 44.9 Å². The lowest BCUT2D eigenvalue weighted by Crippen LogP contribution is -2.13. The van der Waals surface area contributed by atoms with Gasteiger partial charge in [0.25, 0.3) is 0 Å². The summed E-state index contributed by atoms with van der Waals surface area (Å²) in [5.41, 5.74) is 1.56. The van der Waals surface area contributed by atoms with E-state index in [1.807, 2.05) is 0 Å². The van der Waals surface area contributed by atoms with Gasteiger partial charge >= 0.3 is 0 Å². The second-order valence-corrected chi connectivity index (χ2v) is 4.28. The van der Waals surface area contributed by atoms with E-state index in [0.29, 0.717) is 0 Å². The number of hydrogen-bond donors (Lipinski definition) is 0. The van der Waals surface area contributed by atoms with E-state index in [1.165, 1.54) is 44.9 Å². The lowest BCUT2D eigenvalue weighted by atomic mass is 9.79. The van der Waals surface area contributed by atoms with Gasteiger partial charge in [0.2, 0.25) is 0 Å². The van der Waals surface area contributed by atoms with E-state index in [4.69, 9.17) is 0 Å². The zero-order valence-corrected chi connectivity index (χ0v) is 7.31. The molecule has 0 heteroatoms. The number of allylic oxidation sites excluding steroid dienone is 1. The molecule has 2 aliphatic rings. The molecule has 0 N–H and O–H groups in total. The zero-order chi connectivity index (χ0) is 7.68. The minimum atomic E-state index is 0.913. The smallest absolute Gasteiger partial charge is 0.0203 e. The molecule has 0 aliphatic heterocycles. The summed E-state index contributed by atoms with van der Waals surface area (Å²) in [5, 5.41) is 0.